The first-order chi connectivity index (χ1) is 13.4. The fourth-order valence-electron chi connectivity index (χ4n) is 3.56. The molecule has 152 valence electrons. The fourth-order valence-corrected chi connectivity index (χ4v) is 3.56. The number of alkyl halides is 3. The first-order valence-electron chi connectivity index (χ1n) is 9.78. The van der Waals surface area contributed by atoms with Crippen molar-refractivity contribution < 1.29 is 18.0 Å². The number of carbonyl (C=O) groups excluding carboxylic acids is 1. The lowest BCUT2D eigenvalue weighted by Gasteiger charge is -2.15. The van der Waals surface area contributed by atoms with Crippen LogP contribution in [0.5, 0.6) is 0 Å². The summed E-state index contributed by atoms with van der Waals surface area (Å²) in [5, 5.41) is 6.31. The number of anilines is 1. The van der Waals surface area contributed by atoms with Crippen LogP contribution in [0.2, 0.25) is 0 Å². The van der Waals surface area contributed by atoms with E-state index >= 15 is 0 Å². The summed E-state index contributed by atoms with van der Waals surface area (Å²) in [6.45, 7) is 3.01. The Morgan fingerprint density at radius 1 is 1.04 bits per heavy atom. The number of aryl methyl sites for hydroxylation is 1. The van der Waals surface area contributed by atoms with Crippen LogP contribution in [-0.4, -0.2) is 30.0 Å². The van der Waals surface area contributed by atoms with Crippen LogP contribution in [-0.2, 0) is 19.1 Å². The van der Waals surface area contributed by atoms with E-state index in [9.17, 15) is 18.0 Å². The van der Waals surface area contributed by atoms with E-state index in [1.807, 2.05) is 12.3 Å². The van der Waals surface area contributed by atoms with Gasteiger partial charge < -0.3 is 15.2 Å². The van der Waals surface area contributed by atoms with Gasteiger partial charge in [-0.25, -0.2) is 0 Å². The molecule has 0 aliphatic heterocycles. The number of ketones is 1. The largest absolute Gasteiger partial charge is 0.416 e. The van der Waals surface area contributed by atoms with Crippen molar-refractivity contribution in [3.05, 3.63) is 53.3 Å². The molecule has 0 unspecified atom stereocenters. The lowest BCUT2D eigenvalue weighted by atomic mass is 9.97. The van der Waals surface area contributed by atoms with Gasteiger partial charge in [0.05, 0.1) is 5.56 Å². The number of hydrogen-bond acceptors (Lipinski definition) is 3. The van der Waals surface area contributed by atoms with Gasteiger partial charge in [0.25, 0.3) is 0 Å². The van der Waals surface area contributed by atoms with Gasteiger partial charge in [0.1, 0.15) is 0 Å². The molecule has 0 bridgehead atoms. The van der Waals surface area contributed by atoms with Crippen molar-refractivity contribution >= 4 is 11.5 Å². The standard InChI is InChI=1S/C21H26F3N3O/c22-21(23,24)16-5-3-6-17(15-16)26-12-11-25-10-1-2-13-27-14-9-18-19(27)7-4-8-20(18)28/h3,5-6,9,14-15,25-26H,1-2,4,7-8,10-13H2. The topological polar surface area (TPSA) is 46.1 Å². The van der Waals surface area contributed by atoms with Gasteiger partial charge in [-0.15, -0.1) is 0 Å². The van der Waals surface area contributed by atoms with E-state index < -0.39 is 11.7 Å². The zero-order chi connectivity index (χ0) is 20.0. The van der Waals surface area contributed by atoms with Gasteiger partial charge in [-0.1, -0.05) is 6.07 Å². The number of hydrogen-bond donors (Lipinski definition) is 2. The molecule has 1 aliphatic carbocycles. The normalized spacial score (nSPS) is 14.2. The lowest BCUT2D eigenvalue weighted by Crippen LogP contribution is -2.23. The molecule has 0 radical (unpaired) electrons. The molecule has 0 fully saturated rings. The maximum atomic E-state index is 12.7. The summed E-state index contributed by atoms with van der Waals surface area (Å²) in [6, 6.07) is 7.18. The molecule has 7 heteroatoms. The number of rotatable bonds is 9. The summed E-state index contributed by atoms with van der Waals surface area (Å²) < 4.78 is 40.3. The van der Waals surface area contributed by atoms with E-state index in [4.69, 9.17) is 0 Å². The number of unbranched alkanes of at least 4 members (excludes halogenated alkanes) is 1. The van der Waals surface area contributed by atoms with Crippen LogP contribution in [0.1, 0.15) is 47.3 Å². The van der Waals surface area contributed by atoms with Crippen LogP contribution < -0.4 is 10.6 Å². The Hall–Kier alpha value is -2.28. The van der Waals surface area contributed by atoms with Crippen LogP contribution in [0.15, 0.2) is 36.5 Å². The van der Waals surface area contributed by atoms with Crippen LogP contribution in [0, 0.1) is 0 Å². The second-order valence-electron chi connectivity index (χ2n) is 7.11. The fraction of sp³-hybridized carbons (Fsp3) is 0.476. The molecule has 2 N–H and O–H groups in total. The summed E-state index contributed by atoms with van der Waals surface area (Å²) in [5.74, 6) is 0.259. The van der Waals surface area contributed by atoms with Crippen LogP contribution in [0.25, 0.3) is 0 Å². The van der Waals surface area contributed by atoms with E-state index in [1.165, 1.54) is 11.8 Å². The summed E-state index contributed by atoms with van der Waals surface area (Å²) in [4.78, 5) is 11.9. The van der Waals surface area contributed by atoms with Crippen molar-refractivity contribution in [1.29, 1.82) is 0 Å². The summed E-state index contributed by atoms with van der Waals surface area (Å²) >= 11 is 0. The van der Waals surface area contributed by atoms with Crippen molar-refractivity contribution in [2.45, 2.75) is 44.8 Å². The van der Waals surface area contributed by atoms with E-state index in [1.54, 1.807) is 6.07 Å². The molecule has 1 heterocycles. The Morgan fingerprint density at radius 2 is 1.89 bits per heavy atom. The molecule has 3 rings (SSSR count). The molecular weight excluding hydrogens is 367 g/mol. The molecule has 4 nitrogen and oxygen atoms in total. The predicted octanol–water partition coefficient (Wildman–Crippen LogP) is 4.51. The minimum Gasteiger partial charge on any atom is -0.384 e. The number of fused-ring (bicyclic) bond motifs is 1. The Labute approximate surface area is 163 Å². The Balaban J connectivity index is 1.30. The molecule has 0 saturated carbocycles. The zero-order valence-electron chi connectivity index (χ0n) is 15.8. The quantitative estimate of drug-likeness (QED) is 0.617. The molecule has 1 aromatic carbocycles. The summed E-state index contributed by atoms with van der Waals surface area (Å²) in [7, 11) is 0. The molecule has 1 aromatic heterocycles. The zero-order valence-corrected chi connectivity index (χ0v) is 15.8. The van der Waals surface area contributed by atoms with Gasteiger partial charge >= 0.3 is 6.18 Å². The predicted molar refractivity (Wildman–Crippen MR) is 104 cm³/mol. The molecule has 2 aromatic rings. The highest BCUT2D eigenvalue weighted by Crippen LogP contribution is 2.30. The van der Waals surface area contributed by atoms with Gasteiger partial charge in [-0.05, 0) is 56.5 Å². The van der Waals surface area contributed by atoms with Gasteiger partial charge in [-0.3, -0.25) is 4.79 Å². The maximum absolute atomic E-state index is 12.7. The molecule has 0 spiro atoms. The first-order valence-corrected chi connectivity index (χ1v) is 9.78. The number of nitrogens with zero attached hydrogens (tertiary/aromatic N) is 1. The van der Waals surface area contributed by atoms with Crippen molar-refractivity contribution in [3.63, 3.8) is 0 Å². The highest BCUT2D eigenvalue weighted by molar-refractivity contribution is 5.98. The Bertz CT molecular complexity index is 798. The van der Waals surface area contributed by atoms with Crippen molar-refractivity contribution in [2.75, 3.05) is 25.0 Å². The van der Waals surface area contributed by atoms with Crippen molar-refractivity contribution in [2.24, 2.45) is 0 Å². The Morgan fingerprint density at radius 3 is 2.71 bits per heavy atom. The number of aromatic nitrogens is 1. The molecule has 0 amide bonds. The summed E-state index contributed by atoms with van der Waals surface area (Å²) in [5.41, 5.74) is 1.91. The van der Waals surface area contributed by atoms with Crippen molar-refractivity contribution in [1.82, 2.24) is 9.88 Å². The monoisotopic (exact) mass is 393 g/mol. The second kappa shape index (κ2) is 9.28. The number of nitrogens with one attached hydrogen (secondary N) is 2. The average molecular weight is 393 g/mol. The van der Waals surface area contributed by atoms with E-state index in [0.29, 0.717) is 25.2 Å². The number of Topliss-reactive ketones (excluding diaryl/α,β-unsaturated/α-hetero) is 1. The van der Waals surface area contributed by atoms with Gasteiger partial charge in [-0.2, -0.15) is 13.2 Å². The Kier molecular flexibility index (Phi) is 6.78. The first kappa shape index (κ1) is 20.5. The lowest BCUT2D eigenvalue weighted by molar-refractivity contribution is -0.137. The second-order valence-corrected chi connectivity index (χ2v) is 7.11. The molecular formula is C21H26F3N3O. The molecule has 0 atom stereocenters. The van der Waals surface area contributed by atoms with E-state index in [2.05, 4.69) is 15.2 Å². The molecule has 28 heavy (non-hydrogen) atoms. The molecule has 0 saturated heterocycles. The smallest absolute Gasteiger partial charge is 0.384 e. The van der Waals surface area contributed by atoms with Gasteiger partial charge in [0.2, 0.25) is 0 Å². The molecule has 1 aliphatic rings. The van der Waals surface area contributed by atoms with E-state index in [0.717, 1.165) is 56.5 Å². The van der Waals surface area contributed by atoms with E-state index in [-0.39, 0.29) is 5.78 Å². The number of halogens is 3. The third-order valence-electron chi connectivity index (χ3n) is 5.02. The number of carbonyl (C=O) groups is 1. The maximum Gasteiger partial charge on any atom is 0.416 e. The third kappa shape index (κ3) is 5.38. The average Bonchev–Trinajstić information content (AvgIpc) is 3.08. The number of benzene rings is 1. The van der Waals surface area contributed by atoms with Crippen LogP contribution in [0.4, 0.5) is 18.9 Å². The third-order valence-corrected chi connectivity index (χ3v) is 5.02. The highest BCUT2D eigenvalue weighted by Gasteiger charge is 2.30. The van der Waals surface area contributed by atoms with Gasteiger partial charge in [0.15, 0.2) is 5.78 Å². The summed E-state index contributed by atoms with van der Waals surface area (Å²) in [6.07, 6.45) is 2.30. The van der Waals surface area contributed by atoms with Gasteiger partial charge in [0, 0.05) is 49.2 Å². The highest BCUT2D eigenvalue weighted by atomic mass is 19.4. The van der Waals surface area contributed by atoms with Crippen LogP contribution in [0.3, 0.4) is 0 Å². The van der Waals surface area contributed by atoms with Crippen LogP contribution >= 0.6 is 0 Å². The van der Waals surface area contributed by atoms with Crippen molar-refractivity contribution in [3.8, 4) is 0 Å². The SMILES string of the molecule is O=C1CCCc2c1ccn2CCCCNCCNc1cccc(C(F)(F)F)c1. The minimum atomic E-state index is -4.32. The minimum absolute atomic E-state index is 0.259.